The SMILES string of the molecule is C=Cc1cc2c(cc1OC)NCc1ccc(-c3ccc([N+](=O)[O-])c(OC)c3)cc1N2. The first kappa shape index (κ1) is 19.3. The Balaban J connectivity index is 1.74. The van der Waals surface area contributed by atoms with Crippen LogP contribution in [-0.2, 0) is 6.54 Å². The van der Waals surface area contributed by atoms with Gasteiger partial charge in [0.1, 0.15) is 5.75 Å². The highest BCUT2D eigenvalue weighted by atomic mass is 16.6. The summed E-state index contributed by atoms with van der Waals surface area (Å²) in [6.45, 7) is 4.51. The van der Waals surface area contributed by atoms with Crippen LogP contribution < -0.4 is 20.1 Å². The Morgan fingerprint density at radius 3 is 2.40 bits per heavy atom. The monoisotopic (exact) mass is 403 g/mol. The lowest BCUT2D eigenvalue weighted by Crippen LogP contribution is -1.98. The highest BCUT2D eigenvalue weighted by molar-refractivity contribution is 5.84. The van der Waals surface area contributed by atoms with E-state index < -0.39 is 4.92 Å². The molecule has 3 aromatic carbocycles. The summed E-state index contributed by atoms with van der Waals surface area (Å²) in [5.41, 5.74) is 6.51. The highest BCUT2D eigenvalue weighted by Gasteiger charge is 2.18. The predicted octanol–water partition coefficient (Wildman–Crippen LogP) is 5.59. The molecule has 0 radical (unpaired) electrons. The van der Waals surface area contributed by atoms with E-state index in [1.165, 1.54) is 13.2 Å². The van der Waals surface area contributed by atoms with Crippen molar-refractivity contribution in [1.29, 1.82) is 0 Å². The quantitative estimate of drug-likeness (QED) is 0.427. The van der Waals surface area contributed by atoms with Crippen LogP contribution in [0.3, 0.4) is 0 Å². The number of hydrogen-bond donors (Lipinski definition) is 2. The molecule has 0 aliphatic carbocycles. The number of nitro groups is 1. The molecule has 1 aliphatic heterocycles. The number of methoxy groups -OCH3 is 2. The van der Waals surface area contributed by atoms with Crippen LogP contribution in [0.2, 0.25) is 0 Å². The third kappa shape index (κ3) is 3.41. The van der Waals surface area contributed by atoms with Gasteiger partial charge in [-0.2, -0.15) is 0 Å². The van der Waals surface area contributed by atoms with Gasteiger partial charge in [-0.3, -0.25) is 10.1 Å². The second-order valence-electron chi connectivity index (χ2n) is 6.84. The number of anilines is 3. The summed E-state index contributed by atoms with van der Waals surface area (Å²) in [6, 6.07) is 14.9. The predicted molar refractivity (Wildman–Crippen MR) is 119 cm³/mol. The van der Waals surface area contributed by atoms with Crippen molar-refractivity contribution >= 4 is 28.8 Å². The minimum atomic E-state index is -0.449. The molecule has 4 rings (SSSR count). The fraction of sp³-hybridized carbons (Fsp3) is 0.130. The highest BCUT2D eigenvalue weighted by Crippen LogP contribution is 2.39. The first-order chi connectivity index (χ1) is 14.5. The molecule has 0 saturated carbocycles. The van der Waals surface area contributed by atoms with Crippen LogP contribution in [-0.4, -0.2) is 19.1 Å². The number of hydrogen-bond acceptors (Lipinski definition) is 6. The molecule has 7 heteroatoms. The second-order valence-corrected chi connectivity index (χ2v) is 6.84. The smallest absolute Gasteiger partial charge is 0.310 e. The Labute approximate surface area is 174 Å². The molecule has 0 atom stereocenters. The molecule has 7 nitrogen and oxygen atoms in total. The van der Waals surface area contributed by atoms with E-state index in [-0.39, 0.29) is 11.4 Å². The van der Waals surface area contributed by atoms with E-state index in [0.29, 0.717) is 6.54 Å². The van der Waals surface area contributed by atoms with Gasteiger partial charge in [0.2, 0.25) is 0 Å². The van der Waals surface area contributed by atoms with Crippen molar-refractivity contribution in [2.24, 2.45) is 0 Å². The van der Waals surface area contributed by atoms with Crippen molar-refractivity contribution in [3.05, 3.63) is 76.4 Å². The molecular weight excluding hydrogens is 382 g/mol. The molecule has 0 unspecified atom stereocenters. The topological polar surface area (TPSA) is 85.7 Å². The van der Waals surface area contributed by atoms with Gasteiger partial charge < -0.3 is 20.1 Å². The summed E-state index contributed by atoms with van der Waals surface area (Å²) in [7, 11) is 3.07. The lowest BCUT2D eigenvalue weighted by molar-refractivity contribution is -0.385. The van der Waals surface area contributed by atoms with E-state index in [2.05, 4.69) is 17.2 Å². The Hall–Kier alpha value is -4.00. The van der Waals surface area contributed by atoms with Crippen LogP contribution in [0.15, 0.2) is 55.1 Å². The summed E-state index contributed by atoms with van der Waals surface area (Å²) in [5.74, 6) is 0.984. The minimum absolute atomic E-state index is 0.0573. The van der Waals surface area contributed by atoms with Gasteiger partial charge in [-0.25, -0.2) is 0 Å². The number of ether oxygens (including phenoxy) is 2. The van der Waals surface area contributed by atoms with E-state index in [4.69, 9.17) is 9.47 Å². The van der Waals surface area contributed by atoms with Crippen molar-refractivity contribution in [3.63, 3.8) is 0 Å². The molecule has 0 bridgehead atoms. The molecule has 2 N–H and O–H groups in total. The molecule has 0 spiro atoms. The fourth-order valence-corrected chi connectivity index (χ4v) is 3.55. The lowest BCUT2D eigenvalue weighted by Gasteiger charge is -2.14. The largest absolute Gasteiger partial charge is 0.496 e. The van der Waals surface area contributed by atoms with E-state index in [9.17, 15) is 10.1 Å². The summed E-state index contributed by atoms with van der Waals surface area (Å²) in [6.07, 6.45) is 1.76. The maximum atomic E-state index is 11.2. The van der Waals surface area contributed by atoms with E-state index in [0.717, 1.165) is 45.1 Å². The third-order valence-corrected chi connectivity index (χ3v) is 5.15. The number of nitro benzene ring substituents is 1. The molecule has 1 heterocycles. The normalized spacial score (nSPS) is 11.8. The average Bonchev–Trinajstić information content (AvgIpc) is 2.95. The number of benzene rings is 3. The van der Waals surface area contributed by atoms with Crippen LogP contribution in [0, 0.1) is 10.1 Å². The molecule has 3 aromatic rings. The molecule has 0 saturated heterocycles. The first-order valence-corrected chi connectivity index (χ1v) is 9.35. The van der Waals surface area contributed by atoms with Crippen LogP contribution in [0.25, 0.3) is 17.2 Å². The van der Waals surface area contributed by atoms with Gasteiger partial charge in [0.25, 0.3) is 0 Å². The number of nitrogens with zero attached hydrogens (tertiary/aromatic N) is 1. The zero-order chi connectivity index (χ0) is 21.3. The van der Waals surface area contributed by atoms with Crippen LogP contribution in [0.5, 0.6) is 11.5 Å². The van der Waals surface area contributed by atoms with Gasteiger partial charge in [0, 0.05) is 29.9 Å². The Kier molecular flexibility index (Phi) is 5.02. The zero-order valence-electron chi connectivity index (χ0n) is 16.7. The van der Waals surface area contributed by atoms with E-state index in [1.807, 2.05) is 30.3 Å². The first-order valence-electron chi connectivity index (χ1n) is 9.35. The molecule has 30 heavy (non-hydrogen) atoms. The number of rotatable bonds is 5. The molecular formula is C23H21N3O4. The van der Waals surface area contributed by atoms with Gasteiger partial charge in [0.15, 0.2) is 5.75 Å². The van der Waals surface area contributed by atoms with Crippen molar-refractivity contribution in [2.45, 2.75) is 6.54 Å². The van der Waals surface area contributed by atoms with Gasteiger partial charge in [-0.1, -0.05) is 24.8 Å². The van der Waals surface area contributed by atoms with Crippen molar-refractivity contribution in [3.8, 4) is 22.6 Å². The third-order valence-electron chi connectivity index (χ3n) is 5.15. The molecule has 152 valence electrons. The van der Waals surface area contributed by atoms with Crippen LogP contribution >= 0.6 is 0 Å². The Morgan fingerprint density at radius 1 is 0.967 bits per heavy atom. The van der Waals surface area contributed by atoms with Crippen molar-refractivity contribution in [2.75, 3.05) is 24.9 Å². The average molecular weight is 403 g/mol. The van der Waals surface area contributed by atoms with Crippen LogP contribution in [0.4, 0.5) is 22.7 Å². The molecule has 0 fully saturated rings. The van der Waals surface area contributed by atoms with Crippen molar-refractivity contribution < 1.29 is 14.4 Å². The van der Waals surface area contributed by atoms with Gasteiger partial charge >= 0.3 is 5.69 Å². The minimum Gasteiger partial charge on any atom is -0.496 e. The summed E-state index contributed by atoms with van der Waals surface area (Å²) in [5, 5.41) is 18.1. The van der Waals surface area contributed by atoms with Gasteiger partial charge in [-0.05, 0) is 41.0 Å². The van der Waals surface area contributed by atoms with Gasteiger partial charge in [-0.15, -0.1) is 0 Å². The summed E-state index contributed by atoms with van der Waals surface area (Å²) >= 11 is 0. The fourth-order valence-electron chi connectivity index (χ4n) is 3.55. The Morgan fingerprint density at radius 2 is 1.70 bits per heavy atom. The number of fused-ring (bicyclic) bond motifs is 2. The Bertz CT molecular complexity index is 1160. The maximum absolute atomic E-state index is 11.2. The molecule has 1 aliphatic rings. The van der Waals surface area contributed by atoms with Crippen LogP contribution in [0.1, 0.15) is 11.1 Å². The standard InChI is InChI=1S/C23H21N3O4/c1-4-14-9-20-19(12-22(14)29-2)24-13-17-6-5-15(10-18(17)25-20)16-7-8-21(26(27)28)23(11-16)30-3/h4-12,24-25H,1,13H2,2-3H3. The maximum Gasteiger partial charge on any atom is 0.310 e. The molecule has 0 amide bonds. The van der Waals surface area contributed by atoms with Gasteiger partial charge in [0.05, 0.1) is 30.5 Å². The molecule has 0 aromatic heterocycles. The second kappa shape index (κ2) is 7.79. The van der Waals surface area contributed by atoms with Crippen molar-refractivity contribution in [1.82, 2.24) is 0 Å². The van der Waals surface area contributed by atoms with E-state index >= 15 is 0 Å². The van der Waals surface area contributed by atoms with E-state index in [1.54, 1.807) is 25.3 Å². The summed E-state index contributed by atoms with van der Waals surface area (Å²) in [4.78, 5) is 10.7. The lowest BCUT2D eigenvalue weighted by atomic mass is 10.0. The number of nitrogens with one attached hydrogen (secondary N) is 2. The zero-order valence-corrected chi connectivity index (χ0v) is 16.7. The summed E-state index contributed by atoms with van der Waals surface area (Å²) < 4.78 is 10.7.